The lowest BCUT2D eigenvalue weighted by Crippen LogP contribution is -2.36. The van der Waals surface area contributed by atoms with Crippen LogP contribution in [0.3, 0.4) is 0 Å². The zero-order valence-electron chi connectivity index (χ0n) is 17.5. The second-order valence-electron chi connectivity index (χ2n) is 7.53. The molecule has 7 heteroatoms. The van der Waals surface area contributed by atoms with Crippen molar-refractivity contribution in [1.82, 2.24) is 9.38 Å². The molecule has 2 aromatic carbocycles. The summed E-state index contributed by atoms with van der Waals surface area (Å²) in [5, 5.41) is 2.02. The van der Waals surface area contributed by atoms with Gasteiger partial charge in [0.15, 0.2) is 4.96 Å². The van der Waals surface area contributed by atoms with Gasteiger partial charge >= 0.3 is 0 Å². The number of imidazole rings is 1. The molecule has 0 saturated heterocycles. The van der Waals surface area contributed by atoms with E-state index in [0.717, 1.165) is 58.5 Å². The molecule has 0 unspecified atom stereocenters. The van der Waals surface area contributed by atoms with Crippen molar-refractivity contribution >= 4 is 27.9 Å². The molecular weight excluding hydrogens is 410 g/mol. The maximum atomic E-state index is 13.2. The fourth-order valence-electron chi connectivity index (χ4n) is 4.14. The summed E-state index contributed by atoms with van der Waals surface area (Å²) >= 11 is 1.54. The smallest absolute Gasteiger partial charge is 0.232 e. The molecule has 0 fully saturated rings. The molecule has 6 nitrogen and oxygen atoms in total. The van der Waals surface area contributed by atoms with Crippen LogP contribution in [0.2, 0.25) is 0 Å². The molecule has 0 aliphatic carbocycles. The number of carbonyl (C=O) groups excluding carboxylic acids is 1. The Labute approximate surface area is 184 Å². The number of hydrogen-bond donors (Lipinski definition) is 0. The average Bonchev–Trinajstić information content (AvgIpc) is 3.40. The van der Waals surface area contributed by atoms with E-state index < -0.39 is 0 Å². The fraction of sp³-hybridized carbons (Fsp3) is 0.250. The number of fused-ring (bicyclic) bond motifs is 2. The van der Waals surface area contributed by atoms with E-state index in [2.05, 4.69) is 6.07 Å². The van der Waals surface area contributed by atoms with Crippen LogP contribution in [0.4, 0.5) is 5.69 Å². The largest absolute Gasteiger partial charge is 0.497 e. The van der Waals surface area contributed by atoms with Crippen molar-refractivity contribution in [3.05, 3.63) is 65.3 Å². The minimum absolute atomic E-state index is 0.112. The number of aryl methyl sites for hydroxylation is 1. The van der Waals surface area contributed by atoms with Gasteiger partial charge in [0.1, 0.15) is 11.5 Å². The van der Waals surface area contributed by atoms with E-state index >= 15 is 0 Å². The Hall–Kier alpha value is -3.32. The highest BCUT2D eigenvalue weighted by Crippen LogP contribution is 2.34. The number of para-hydroxylation sites is 1. The molecule has 0 radical (unpaired) electrons. The van der Waals surface area contributed by atoms with Crippen LogP contribution in [0.15, 0.2) is 54.0 Å². The normalized spacial score (nSPS) is 13.3. The zero-order valence-corrected chi connectivity index (χ0v) is 18.3. The molecule has 1 aliphatic heterocycles. The molecule has 0 atom stereocenters. The summed E-state index contributed by atoms with van der Waals surface area (Å²) in [6.07, 6.45) is 4.32. The van der Waals surface area contributed by atoms with Crippen LogP contribution in [-0.4, -0.2) is 36.1 Å². The van der Waals surface area contributed by atoms with Gasteiger partial charge < -0.3 is 14.4 Å². The van der Waals surface area contributed by atoms with Crippen LogP contribution < -0.4 is 14.4 Å². The molecule has 158 valence electrons. The molecule has 5 rings (SSSR count). The third kappa shape index (κ3) is 3.55. The molecule has 0 N–H and O–H groups in total. The number of anilines is 1. The van der Waals surface area contributed by atoms with Gasteiger partial charge in [-0.1, -0.05) is 18.2 Å². The number of hydrogen-bond acceptors (Lipinski definition) is 5. The Morgan fingerprint density at radius 3 is 2.87 bits per heavy atom. The van der Waals surface area contributed by atoms with Crippen molar-refractivity contribution in [2.45, 2.75) is 19.3 Å². The third-order valence-electron chi connectivity index (χ3n) is 5.71. The summed E-state index contributed by atoms with van der Waals surface area (Å²) in [6, 6.07) is 13.8. The van der Waals surface area contributed by atoms with E-state index in [1.54, 1.807) is 14.2 Å². The van der Waals surface area contributed by atoms with E-state index in [9.17, 15) is 4.79 Å². The Morgan fingerprint density at radius 1 is 1.16 bits per heavy atom. The van der Waals surface area contributed by atoms with Crippen LogP contribution in [0, 0.1) is 0 Å². The van der Waals surface area contributed by atoms with Crippen molar-refractivity contribution in [1.29, 1.82) is 0 Å². The van der Waals surface area contributed by atoms with Gasteiger partial charge in [-0.2, -0.15) is 0 Å². The van der Waals surface area contributed by atoms with Crippen molar-refractivity contribution in [3.63, 3.8) is 0 Å². The van der Waals surface area contributed by atoms with E-state index in [0.29, 0.717) is 6.42 Å². The van der Waals surface area contributed by atoms with E-state index in [4.69, 9.17) is 14.5 Å². The summed E-state index contributed by atoms with van der Waals surface area (Å²) in [5.74, 6) is 1.58. The van der Waals surface area contributed by atoms with Crippen LogP contribution in [0.5, 0.6) is 11.5 Å². The van der Waals surface area contributed by atoms with Crippen LogP contribution >= 0.6 is 11.3 Å². The van der Waals surface area contributed by atoms with Crippen molar-refractivity contribution in [2.75, 3.05) is 25.7 Å². The highest BCUT2D eigenvalue weighted by Gasteiger charge is 2.23. The summed E-state index contributed by atoms with van der Waals surface area (Å²) in [4.78, 5) is 20.7. The van der Waals surface area contributed by atoms with Gasteiger partial charge in [-0.05, 0) is 42.7 Å². The Morgan fingerprint density at radius 2 is 2.03 bits per heavy atom. The lowest BCUT2D eigenvalue weighted by atomic mass is 10.0. The standard InChI is InChI=1S/C24H23N3O3S/c1-29-18-9-10-22(30-2)19(13-18)20-14-27-17(15-31-24(27)25-20)12-23(28)26-11-5-7-16-6-3-4-8-21(16)26/h3-4,6,8-10,13-15H,5,7,11-12H2,1-2H3. The maximum absolute atomic E-state index is 13.2. The van der Waals surface area contributed by atoms with Gasteiger partial charge in [-0.15, -0.1) is 11.3 Å². The molecule has 1 aliphatic rings. The number of benzene rings is 2. The molecule has 0 saturated carbocycles. The topological polar surface area (TPSA) is 56.1 Å². The molecule has 31 heavy (non-hydrogen) atoms. The lowest BCUT2D eigenvalue weighted by molar-refractivity contribution is -0.118. The summed E-state index contributed by atoms with van der Waals surface area (Å²) in [6.45, 7) is 0.763. The molecule has 1 amide bonds. The number of rotatable bonds is 5. The SMILES string of the molecule is COc1ccc(OC)c(-c2cn3c(CC(=O)N4CCCc5ccccc54)csc3n2)c1. The first-order chi connectivity index (χ1) is 15.2. The molecule has 3 heterocycles. The molecule has 4 aromatic rings. The minimum Gasteiger partial charge on any atom is -0.497 e. The molecule has 0 spiro atoms. The number of thiazole rings is 1. The second kappa shape index (κ2) is 8.07. The van der Waals surface area contributed by atoms with Gasteiger partial charge in [0.2, 0.25) is 5.91 Å². The monoisotopic (exact) mass is 433 g/mol. The minimum atomic E-state index is 0.112. The summed E-state index contributed by atoms with van der Waals surface area (Å²) < 4.78 is 12.9. The summed E-state index contributed by atoms with van der Waals surface area (Å²) in [7, 11) is 3.28. The van der Waals surface area contributed by atoms with E-state index in [1.807, 2.05) is 57.3 Å². The highest BCUT2D eigenvalue weighted by atomic mass is 32.1. The second-order valence-corrected chi connectivity index (χ2v) is 8.36. The molecule has 0 bridgehead atoms. The third-order valence-corrected chi connectivity index (χ3v) is 6.60. The van der Waals surface area contributed by atoms with Gasteiger partial charge in [0.25, 0.3) is 0 Å². The van der Waals surface area contributed by atoms with Gasteiger partial charge in [-0.25, -0.2) is 4.98 Å². The van der Waals surface area contributed by atoms with Gasteiger partial charge in [-0.3, -0.25) is 9.20 Å². The Bertz CT molecular complexity index is 1260. The molecule has 2 aromatic heterocycles. The van der Waals surface area contributed by atoms with Crippen molar-refractivity contribution in [3.8, 4) is 22.8 Å². The van der Waals surface area contributed by atoms with Crippen LogP contribution in [-0.2, 0) is 17.6 Å². The van der Waals surface area contributed by atoms with E-state index in [-0.39, 0.29) is 5.91 Å². The Kier molecular flexibility index (Phi) is 5.11. The lowest BCUT2D eigenvalue weighted by Gasteiger charge is -2.29. The fourth-order valence-corrected chi connectivity index (χ4v) is 5.02. The number of ether oxygens (including phenoxy) is 2. The highest BCUT2D eigenvalue weighted by molar-refractivity contribution is 7.15. The predicted octanol–water partition coefficient (Wildman–Crippen LogP) is 4.60. The van der Waals surface area contributed by atoms with Crippen LogP contribution in [0.25, 0.3) is 16.2 Å². The van der Waals surface area contributed by atoms with E-state index in [1.165, 1.54) is 16.9 Å². The number of nitrogens with zero attached hydrogens (tertiary/aromatic N) is 3. The first kappa shape index (κ1) is 19.6. The zero-order chi connectivity index (χ0) is 21.4. The van der Waals surface area contributed by atoms with Gasteiger partial charge in [0, 0.05) is 35.1 Å². The number of methoxy groups -OCH3 is 2. The predicted molar refractivity (Wildman–Crippen MR) is 122 cm³/mol. The first-order valence-electron chi connectivity index (χ1n) is 10.2. The van der Waals surface area contributed by atoms with Gasteiger partial charge in [0.05, 0.1) is 26.3 Å². The van der Waals surface area contributed by atoms with Crippen molar-refractivity contribution in [2.24, 2.45) is 0 Å². The quantitative estimate of drug-likeness (QED) is 0.462. The maximum Gasteiger partial charge on any atom is 0.232 e. The molecular formula is C24H23N3O3S. The number of amides is 1. The summed E-state index contributed by atoms with van der Waals surface area (Å²) in [5.41, 5.74) is 4.87. The average molecular weight is 434 g/mol. The number of aromatic nitrogens is 2. The number of carbonyl (C=O) groups is 1. The van der Waals surface area contributed by atoms with Crippen LogP contribution in [0.1, 0.15) is 17.7 Å². The first-order valence-corrected chi connectivity index (χ1v) is 11.1. The Balaban J connectivity index is 1.46. The van der Waals surface area contributed by atoms with Crippen molar-refractivity contribution < 1.29 is 14.3 Å².